The van der Waals surface area contributed by atoms with Crippen molar-refractivity contribution in [1.29, 1.82) is 0 Å². The minimum absolute atomic E-state index is 0.518. The van der Waals surface area contributed by atoms with Crippen molar-refractivity contribution < 1.29 is 0 Å². The van der Waals surface area contributed by atoms with Crippen LogP contribution in [0.25, 0.3) is 16.7 Å². The number of aromatic nitrogens is 6. The van der Waals surface area contributed by atoms with Gasteiger partial charge < -0.3 is 15.5 Å². The lowest BCUT2D eigenvalue weighted by atomic mass is 10.2. The number of piperazine rings is 1. The number of pyridine rings is 2. The van der Waals surface area contributed by atoms with Crippen molar-refractivity contribution >= 4 is 28.5 Å². The average Bonchev–Trinajstić information content (AvgIpc) is 3.50. The minimum atomic E-state index is 0.518. The molecule has 2 saturated heterocycles. The summed E-state index contributed by atoms with van der Waals surface area (Å²) in [6.45, 7) is 2.02. The third-order valence-corrected chi connectivity index (χ3v) is 5.58. The Balaban J connectivity index is 1.41. The molecule has 0 spiro atoms. The van der Waals surface area contributed by atoms with Crippen LogP contribution in [0.1, 0.15) is 6.42 Å². The highest BCUT2D eigenvalue weighted by molar-refractivity contribution is 5.90. The van der Waals surface area contributed by atoms with Crippen molar-refractivity contribution in [2.75, 3.05) is 23.3 Å². The van der Waals surface area contributed by atoms with Crippen LogP contribution >= 0.6 is 0 Å². The van der Waals surface area contributed by atoms with Gasteiger partial charge >= 0.3 is 0 Å². The lowest BCUT2D eigenvalue weighted by molar-refractivity contribution is 0.576. The highest BCUT2D eigenvalue weighted by Crippen LogP contribution is 2.30. The summed E-state index contributed by atoms with van der Waals surface area (Å²) in [4.78, 5) is 20.0. The van der Waals surface area contributed by atoms with Crippen LogP contribution < -0.4 is 15.5 Å². The maximum absolute atomic E-state index is 4.79. The van der Waals surface area contributed by atoms with Crippen LogP contribution in [0.5, 0.6) is 0 Å². The summed E-state index contributed by atoms with van der Waals surface area (Å²) >= 11 is 0. The van der Waals surface area contributed by atoms with Gasteiger partial charge in [0, 0.05) is 56.0 Å². The van der Waals surface area contributed by atoms with Crippen LogP contribution in [0.15, 0.2) is 55.2 Å². The number of hydrogen-bond donors (Lipinski definition) is 2. The second kappa shape index (κ2) is 6.49. The van der Waals surface area contributed by atoms with E-state index in [4.69, 9.17) is 5.10 Å². The van der Waals surface area contributed by atoms with Gasteiger partial charge in [-0.25, -0.2) is 19.6 Å². The molecule has 2 fully saturated rings. The van der Waals surface area contributed by atoms with Crippen molar-refractivity contribution in [2.45, 2.75) is 18.5 Å². The van der Waals surface area contributed by atoms with E-state index in [-0.39, 0.29) is 0 Å². The molecule has 4 aromatic rings. The number of nitrogens with one attached hydrogen (secondary N) is 2. The summed E-state index contributed by atoms with van der Waals surface area (Å²) in [5, 5.41) is 12.5. The Bertz CT molecular complexity index is 1170. The molecule has 0 aliphatic carbocycles. The van der Waals surface area contributed by atoms with Crippen molar-refractivity contribution in [3.05, 3.63) is 55.2 Å². The summed E-state index contributed by atoms with van der Waals surface area (Å²) < 4.78 is 1.85. The number of anilines is 3. The average molecular weight is 385 g/mol. The number of rotatable bonds is 4. The van der Waals surface area contributed by atoms with Crippen LogP contribution in [0.2, 0.25) is 0 Å². The fourth-order valence-electron chi connectivity index (χ4n) is 4.25. The Hall–Kier alpha value is -3.59. The number of nitrogens with zero attached hydrogens (tertiary/aromatic N) is 7. The Morgan fingerprint density at radius 1 is 1.07 bits per heavy atom. The zero-order valence-corrected chi connectivity index (χ0v) is 15.6. The molecule has 0 aromatic carbocycles. The molecule has 2 aliphatic heterocycles. The molecule has 4 aromatic heterocycles. The van der Waals surface area contributed by atoms with Gasteiger partial charge in [-0.05, 0) is 24.6 Å². The van der Waals surface area contributed by atoms with Crippen molar-refractivity contribution in [2.24, 2.45) is 0 Å². The first-order chi connectivity index (χ1) is 14.3. The normalized spacial score (nSPS) is 20.5. The molecular weight excluding hydrogens is 366 g/mol. The van der Waals surface area contributed by atoms with Crippen molar-refractivity contribution in [3.63, 3.8) is 0 Å². The zero-order valence-electron chi connectivity index (χ0n) is 15.6. The molecule has 0 unspecified atom stereocenters. The Morgan fingerprint density at radius 3 is 2.90 bits per heavy atom. The van der Waals surface area contributed by atoms with E-state index in [1.165, 1.54) is 6.42 Å². The van der Waals surface area contributed by atoms with Crippen LogP contribution in [-0.4, -0.2) is 54.9 Å². The van der Waals surface area contributed by atoms with E-state index in [9.17, 15) is 0 Å². The van der Waals surface area contributed by atoms with E-state index >= 15 is 0 Å². The van der Waals surface area contributed by atoms with Gasteiger partial charge in [0.1, 0.15) is 11.6 Å². The molecule has 144 valence electrons. The molecule has 9 nitrogen and oxygen atoms in total. The maximum atomic E-state index is 4.79. The van der Waals surface area contributed by atoms with Gasteiger partial charge in [0.2, 0.25) is 0 Å². The van der Waals surface area contributed by atoms with Crippen molar-refractivity contribution in [1.82, 2.24) is 35.0 Å². The number of hydrogen-bond acceptors (Lipinski definition) is 8. The molecule has 0 saturated carbocycles. The fourth-order valence-corrected chi connectivity index (χ4v) is 4.25. The highest BCUT2D eigenvalue weighted by Gasteiger charge is 2.38. The van der Waals surface area contributed by atoms with E-state index in [0.717, 1.165) is 35.6 Å². The maximum Gasteiger partial charge on any atom is 0.165 e. The summed E-state index contributed by atoms with van der Waals surface area (Å²) in [5.74, 6) is 2.31. The molecule has 0 radical (unpaired) electrons. The van der Waals surface area contributed by atoms with Crippen molar-refractivity contribution in [3.8, 4) is 5.69 Å². The van der Waals surface area contributed by atoms with Crippen LogP contribution in [-0.2, 0) is 0 Å². The summed E-state index contributed by atoms with van der Waals surface area (Å²) in [6.07, 6.45) is 9.76. The van der Waals surface area contributed by atoms with Gasteiger partial charge in [-0.1, -0.05) is 0 Å². The molecule has 9 heteroatoms. The first-order valence-electron chi connectivity index (χ1n) is 9.68. The minimum Gasteiger partial charge on any atom is -0.351 e. The Kier molecular flexibility index (Phi) is 3.66. The molecule has 2 N–H and O–H groups in total. The zero-order chi connectivity index (χ0) is 19.2. The second-order valence-electron chi connectivity index (χ2n) is 7.37. The molecule has 6 heterocycles. The smallest absolute Gasteiger partial charge is 0.165 e. The Morgan fingerprint density at radius 2 is 2.07 bits per heavy atom. The molecular formula is C20H19N9. The third-order valence-electron chi connectivity index (χ3n) is 5.58. The quantitative estimate of drug-likeness (QED) is 0.550. The van der Waals surface area contributed by atoms with E-state index < -0.39 is 0 Å². The van der Waals surface area contributed by atoms with Crippen LogP contribution in [0.3, 0.4) is 0 Å². The predicted molar refractivity (Wildman–Crippen MR) is 110 cm³/mol. The second-order valence-corrected chi connectivity index (χ2v) is 7.37. The summed E-state index contributed by atoms with van der Waals surface area (Å²) in [5.41, 5.74) is 1.71. The lowest BCUT2D eigenvalue weighted by Gasteiger charge is -2.28. The first-order valence-corrected chi connectivity index (χ1v) is 9.68. The third kappa shape index (κ3) is 2.78. The van der Waals surface area contributed by atoms with Gasteiger partial charge in [0.05, 0.1) is 17.3 Å². The highest BCUT2D eigenvalue weighted by atomic mass is 15.4. The van der Waals surface area contributed by atoms with Gasteiger partial charge in [0.25, 0.3) is 0 Å². The van der Waals surface area contributed by atoms with Gasteiger partial charge in [-0.2, -0.15) is 0 Å². The van der Waals surface area contributed by atoms with E-state index in [0.29, 0.717) is 23.7 Å². The molecule has 2 atom stereocenters. The SMILES string of the molecule is c1cnc2c(c1)c(Nc1cnccn1)nn2-c1ccnc(N2C[C@@H]3C[C@H]2CN3)c1. The summed E-state index contributed by atoms with van der Waals surface area (Å²) in [6, 6.07) is 9.04. The topological polar surface area (TPSA) is 96.7 Å². The molecule has 6 rings (SSSR count). The monoisotopic (exact) mass is 385 g/mol. The van der Waals surface area contributed by atoms with E-state index in [1.807, 2.05) is 29.1 Å². The van der Waals surface area contributed by atoms with Gasteiger partial charge in [0.15, 0.2) is 11.5 Å². The number of fused-ring (bicyclic) bond motifs is 3. The van der Waals surface area contributed by atoms with E-state index in [1.54, 1.807) is 24.8 Å². The Labute approximate surface area is 166 Å². The van der Waals surface area contributed by atoms with Gasteiger partial charge in [-0.15, -0.1) is 5.10 Å². The van der Waals surface area contributed by atoms with Gasteiger partial charge in [-0.3, -0.25) is 4.98 Å². The largest absolute Gasteiger partial charge is 0.351 e. The van der Waals surface area contributed by atoms with Crippen LogP contribution in [0.4, 0.5) is 17.5 Å². The molecule has 29 heavy (non-hydrogen) atoms. The standard InChI is InChI=1S/C20H19N9/c1-2-16-19(26-17-11-21-6-7-22-17)27-29(20(16)24-4-1)14-3-5-23-18(9-14)28-12-13-8-15(28)10-25-13/h1-7,9,11,13,15,25H,8,10,12H2,(H,22,26,27)/t13-,15-/m0/s1. The predicted octanol–water partition coefficient (Wildman–Crippen LogP) is 1.90. The van der Waals surface area contributed by atoms with E-state index in [2.05, 4.69) is 41.5 Å². The summed E-state index contributed by atoms with van der Waals surface area (Å²) in [7, 11) is 0. The molecule has 0 amide bonds. The lowest BCUT2D eigenvalue weighted by Crippen LogP contribution is -2.44. The molecule has 2 aliphatic rings. The fraction of sp³-hybridized carbons (Fsp3) is 0.250. The van der Waals surface area contributed by atoms with Crippen LogP contribution in [0, 0.1) is 0 Å². The molecule has 2 bridgehead atoms. The first kappa shape index (κ1) is 16.4.